The Balaban J connectivity index is 0. The molecule has 100 valence electrons. The molecule has 0 N–H and O–H groups in total. The third-order valence-electron chi connectivity index (χ3n) is 4.12. The minimum Gasteiger partial charge on any atom is -0.455 e. The van der Waals surface area contributed by atoms with Crippen molar-refractivity contribution < 1.29 is 8.82 Å². The zero-order chi connectivity index (χ0) is 12.7. The largest absolute Gasteiger partial charge is 0.455 e. The van der Waals surface area contributed by atoms with Gasteiger partial charge >= 0.3 is 0 Å². The molecule has 0 atom stereocenters. The van der Waals surface area contributed by atoms with Crippen molar-refractivity contribution in [2.45, 2.75) is 77.8 Å². The second-order valence-electron chi connectivity index (χ2n) is 7.62. The molecule has 1 nitrogen and oxygen atoms in total. The minimum atomic E-state index is -1.59. The molecule has 0 saturated carbocycles. The van der Waals surface area contributed by atoms with Crippen LogP contribution >= 0.6 is 0 Å². The lowest BCUT2D eigenvalue weighted by Gasteiger charge is -2.47. The van der Waals surface area contributed by atoms with E-state index in [4.69, 9.17) is 4.12 Å². The summed E-state index contributed by atoms with van der Waals surface area (Å²) < 4.78 is 6.63. The molecule has 0 rings (SSSR count). The molecule has 0 aliphatic heterocycles. The average Bonchev–Trinajstić information content (AvgIpc) is 1.77. The summed E-state index contributed by atoms with van der Waals surface area (Å²) in [6.45, 7) is 23.3. The first kappa shape index (κ1) is 18.7. The Morgan fingerprint density at radius 1 is 0.625 bits per heavy atom. The van der Waals surface area contributed by atoms with Crippen molar-refractivity contribution in [2.75, 3.05) is 0 Å². The molecule has 0 spiro atoms. The topological polar surface area (TPSA) is 9.23 Å². The van der Waals surface area contributed by atoms with Crippen molar-refractivity contribution in [3.8, 4) is 0 Å². The van der Waals surface area contributed by atoms with Crippen LogP contribution in [0.3, 0.4) is 0 Å². The van der Waals surface area contributed by atoms with Crippen LogP contribution in [0.5, 0.6) is 0 Å². The first-order valence-corrected chi connectivity index (χ1v) is 11.7. The molecule has 0 radical (unpaired) electrons. The number of rotatable bonds is 2. The van der Waals surface area contributed by atoms with E-state index < -0.39 is 16.6 Å². The SMILES string of the molecule is CC(C)(C)[Si](C)(C)O[Si](C)(C)C(C)(C)C.F. The van der Waals surface area contributed by atoms with Crippen LogP contribution in [0, 0.1) is 0 Å². The van der Waals surface area contributed by atoms with E-state index in [1.807, 2.05) is 0 Å². The molecule has 0 bridgehead atoms. The molecule has 0 aromatic rings. The molecule has 4 heteroatoms. The van der Waals surface area contributed by atoms with Gasteiger partial charge in [-0.25, -0.2) is 0 Å². The fourth-order valence-corrected chi connectivity index (χ4v) is 8.50. The lowest BCUT2D eigenvalue weighted by Crippen LogP contribution is -2.53. The number of halogens is 1. The molecule has 0 saturated heterocycles. The highest BCUT2D eigenvalue weighted by Crippen LogP contribution is 2.44. The summed E-state index contributed by atoms with van der Waals surface area (Å²) in [6, 6.07) is 0. The second-order valence-corrected chi connectivity index (χ2v) is 17.5. The van der Waals surface area contributed by atoms with Crippen LogP contribution in [0.4, 0.5) is 4.70 Å². The summed E-state index contributed by atoms with van der Waals surface area (Å²) in [6.07, 6.45) is 0. The fraction of sp³-hybridized carbons (Fsp3) is 1.00. The normalized spacial score (nSPS) is 14.6. The van der Waals surface area contributed by atoms with E-state index in [-0.39, 0.29) is 4.70 Å². The van der Waals surface area contributed by atoms with Gasteiger partial charge in [0.05, 0.1) is 0 Å². The van der Waals surface area contributed by atoms with Gasteiger partial charge < -0.3 is 4.12 Å². The monoisotopic (exact) mass is 266 g/mol. The fourth-order valence-electron chi connectivity index (χ4n) is 0.944. The molecule has 16 heavy (non-hydrogen) atoms. The van der Waals surface area contributed by atoms with Crippen molar-refractivity contribution in [2.24, 2.45) is 0 Å². The Morgan fingerprint density at radius 2 is 0.812 bits per heavy atom. The lowest BCUT2D eigenvalue weighted by atomic mass is 10.2. The zero-order valence-corrected chi connectivity index (χ0v) is 14.8. The maximum absolute atomic E-state index is 6.63. The molecule has 0 aromatic carbocycles. The van der Waals surface area contributed by atoms with Gasteiger partial charge in [-0.3, -0.25) is 4.70 Å². The molecule has 0 amide bonds. The van der Waals surface area contributed by atoms with Crippen molar-refractivity contribution in [1.29, 1.82) is 0 Å². The first-order chi connectivity index (χ1) is 6.21. The third kappa shape index (κ3) is 4.30. The van der Waals surface area contributed by atoms with E-state index in [1.54, 1.807) is 0 Å². The van der Waals surface area contributed by atoms with Gasteiger partial charge in [0.1, 0.15) is 0 Å². The second kappa shape index (κ2) is 4.90. The molecule has 0 aromatic heterocycles. The Kier molecular flexibility index (Phi) is 5.72. The molecular weight excluding hydrogens is 235 g/mol. The summed E-state index contributed by atoms with van der Waals surface area (Å²) in [5.41, 5.74) is 0. The van der Waals surface area contributed by atoms with E-state index in [1.165, 1.54) is 0 Å². The summed E-state index contributed by atoms with van der Waals surface area (Å²) in [7, 11) is -3.18. The van der Waals surface area contributed by atoms with Crippen LogP contribution in [0.1, 0.15) is 41.5 Å². The van der Waals surface area contributed by atoms with Gasteiger partial charge in [-0.1, -0.05) is 41.5 Å². The molecule has 0 fully saturated rings. The maximum atomic E-state index is 6.63. The maximum Gasteiger partial charge on any atom is 0.178 e. The summed E-state index contributed by atoms with van der Waals surface area (Å²) in [4.78, 5) is 0. The van der Waals surface area contributed by atoms with E-state index in [0.29, 0.717) is 10.1 Å². The van der Waals surface area contributed by atoms with Gasteiger partial charge in [-0.15, -0.1) is 0 Å². The Hall–Kier alpha value is 0.324. The van der Waals surface area contributed by atoms with E-state index in [2.05, 4.69) is 67.7 Å². The third-order valence-corrected chi connectivity index (χ3v) is 15.4. The lowest BCUT2D eigenvalue weighted by molar-refractivity contribution is 0.449. The standard InChI is InChI=1S/C12H30OSi2.FH/c1-11(2,3)14(7,8)13-15(9,10)12(4,5)6;/h1-10H3;1H. The summed E-state index contributed by atoms with van der Waals surface area (Å²) in [5, 5.41) is 0.644. The summed E-state index contributed by atoms with van der Waals surface area (Å²) in [5.74, 6) is 0. The van der Waals surface area contributed by atoms with Crippen molar-refractivity contribution in [3.05, 3.63) is 0 Å². The van der Waals surface area contributed by atoms with E-state index >= 15 is 0 Å². The van der Waals surface area contributed by atoms with Crippen LogP contribution in [-0.4, -0.2) is 16.6 Å². The first-order valence-electron chi connectivity index (χ1n) is 5.91. The van der Waals surface area contributed by atoms with Gasteiger partial charge in [0.25, 0.3) is 0 Å². The van der Waals surface area contributed by atoms with Crippen molar-refractivity contribution in [1.82, 2.24) is 0 Å². The summed E-state index contributed by atoms with van der Waals surface area (Å²) >= 11 is 0. The van der Waals surface area contributed by atoms with Gasteiger partial charge in [0.2, 0.25) is 0 Å². The van der Waals surface area contributed by atoms with Gasteiger partial charge in [0, 0.05) is 0 Å². The van der Waals surface area contributed by atoms with Gasteiger partial charge in [-0.2, -0.15) is 0 Å². The predicted molar refractivity (Wildman–Crippen MR) is 78.0 cm³/mol. The van der Waals surface area contributed by atoms with E-state index in [9.17, 15) is 0 Å². The molecule has 0 heterocycles. The van der Waals surface area contributed by atoms with Crippen LogP contribution in [-0.2, 0) is 4.12 Å². The van der Waals surface area contributed by atoms with Crippen LogP contribution in [0.25, 0.3) is 0 Å². The molecule has 0 aliphatic rings. The quantitative estimate of drug-likeness (QED) is 0.627. The average molecular weight is 267 g/mol. The molecular formula is C12H31FOSi2. The minimum absolute atomic E-state index is 0. The van der Waals surface area contributed by atoms with E-state index in [0.717, 1.165) is 0 Å². The zero-order valence-electron chi connectivity index (χ0n) is 12.8. The Morgan fingerprint density at radius 3 is 0.938 bits per heavy atom. The highest BCUT2D eigenvalue weighted by molar-refractivity contribution is 6.87. The van der Waals surface area contributed by atoms with Gasteiger partial charge in [-0.05, 0) is 36.3 Å². The molecule has 0 unspecified atom stereocenters. The van der Waals surface area contributed by atoms with Crippen molar-refractivity contribution in [3.63, 3.8) is 0 Å². The number of hydrogen-bond acceptors (Lipinski definition) is 1. The number of hydrogen-bond donors (Lipinski definition) is 0. The van der Waals surface area contributed by atoms with Crippen LogP contribution in [0.15, 0.2) is 0 Å². The highest BCUT2D eigenvalue weighted by Gasteiger charge is 2.46. The van der Waals surface area contributed by atoms with Crippen LogP contribution in [0.2, 0.25) is 36.3 Å². The van der Waals surface area contributed by atoms with Crippen LogP contribution < -0.4 is 0 Å². The predicted octanol–water partition coefficient (Wildman–Crippen LogP) is 5.17. The Bertz CT molecular complexity index is 200. The smallest absolute Gasteiger partial charge is 0.178 e. The Labute approximate surface area is 104 Å². The highest BCUT2D eigenvalue weighted by atomic mass is 28.4. The molecule has 0 aliphatic carbocycles. The van der Waals surface area contributed by atoms with Crippen molar-refractivity contribution >= 4 is 16.6 Å². The van der Waals surface area contributed by atoms with Gasteiger partial charge in [0.15, 0.2) is 16.6 Å².